The van der Waals surface area contributed by atoms with E-state index in [-0.39, 0.29) is 5.91 Å². The van der Waals surface area contributed by atoms with Gasteiger partial charge in [0.15, 0.2) is 5.13 Å². The molecule has 0 spiro atoms. The molecule has 0 radical (unpaired) electrons. The monoisotopic (exact) mass is 420 g/mol. The zero-order valence-electron chi connectivity index (χ0n) is 17.7. The Morgan fingerprint density at radius 1 is 1.13 bits per heavy atom. The van der Waals surface area contributed by atoms with Crippen molar-refractivity contribution in [3.05, 3.63) is 71.1 Å². The number of ether oxygens (including phenoxy) is 1. The van der Waals surface area contributed by atoms with Crippen LogP contribution in [0.2, 0.25) is 0 Å². The zero-order chi connectivity index (χ0) is 21.3. The maximum atomic E-state index is 12.2. The third-order valence-electron chi connectivity index (χ3n) is 4.68. The summed E-state index contributed by atoms with van der Waals surface area (Å²) in [4.78, 5) is 16.8. The standard InChI is InChI=1S/C25H28N2O2S/c1-4-5-16-29-22-13-11-21(12-14-22)23-17-30-25(26-23)27-24(28)15-8-19-6-9-20(10-7-19)18(2)3/h6-15,17-18H,4-5,16H2,1-3H3,(H,26,27,28)/b15-8+. The number of hydrogen-bond acceptors (Lipinski definition) is 4. The number of anilines is 1. The number of rotatable bonds is 9. The molecule has 1 aromatic heterocycles. The Morgan fingerprint density at radius 2 is 1.87 bits per heavy atom. The molecule has 3 aromatic rings. The molecule has 0 unspecified atom stereocenters. The maximum Gasteiger partial charge on any atom is 0.250 e. The molecule has 0 aliphatic carbocycles. The topological polar surface area (TPSA) is 51.2 Å². The van der Waals surface area contributed by atoms with E-state index in [1.807, 2.05) is 47.9 Å². The summed E-state index contributed by atoms with van der Waals surface area (Å²) in [6.07, 6.45) is 5.51. The first-order valence-electron chi connectivity index (χ1n) is 10.3. The molecule has 0 aliphatic heterocycles. The molecule has 0 bridgehead atoms. The van der Waals surface area contributed by atoms with Gasteiger partial charge in [0.2, 0.25) is 5.91 Å². The number of aromatic nitrogens is 1. The lowest BCUT2D eigenvalue weighted by Gasteiger charge is -2.05. The quantitative estimate of drug-likeness (QED) is 0.307. The second-order valence-corrected chi connectivity index (χ2v) is 8.27. The molecule has 0 aliphatic rings. The van der Waals surface area contributed by atoms with E-state index in [4.69, 9.17) is 4.74 Å². The van der Waals surface area contributed by atoms with Crippen LogP contribution in [-0.4, -0.2) is 17.5 Å². The molecular weight excluding hydrogens is 392 g/mol. The first kappa shape index (κ1) is 21.8. The van der Waals surface area contributed by atoms with Crippen molar-refractivity contribution in [3.63, 3.8) is 0 Å². The third kappa shape index (κ3) is 6.29. The van der Waals surface area contributed by atoms with Crippen molar-refractivity contribution >= 4 is 28.5 Å². The van der Waals surface area contributed by atoms with Gasteiger partial charge in [0.05, 0.1) is 12.3 Å². The van der Waals surface area contributed by atoms with Gasteiger partial charge in [-0.3, -0.25) is 10.1 Å². The van der Waals surface area contributed by atoms with E-state index in [0.717, 1.165) is 42.0 Å². The molecule has 30 heavy (non-hydrogen) atoms. The lowest BCUT2D eigenvalue weighted by molar-refractivity contribution is -0.111. The van der Waals surface area contributed by atoms with E-state index in [1.54, 1.807) is 0 Å². The highest BCUT2D eigenvalue weighted by atomic mass is 32.1. The molecule has 3 rings (SSSR count). The van der Waals surface area contributed by atoms with Gasteiger partial charge in [-0.05, 0) is 53.8 Å². The van der Waals surface area contributed by atoms with Gasteiger partial charge in [-0.1, -0.05) is 51.5 Å². The molecule has 5 heteroatoms. The Morgan fingerprint density at radius 3 is 2.53 bits per heavy atom. The zero-order valence-corrected chi connectivity index (χ0v) is 18.5. The number of thiazole rings is 1. The van der Waals surface area contributed by atoms with Crippen LogP contribution in [0.5, 0.6) is 5.75 Å². The minimum Gasteiger partial charge on any atom is -0.494 e. The number of unbranched alkanes of at least 4 members (excludes halogenated alkanes) is 1. The predicted molar refractivity (Wildman–Crippen MR) is 126 cm³/mol. The number of nitrogens with one attached hydrogen (secondary N) is 1. The van der Waals surface area contributed by atoms with Crippen LogP contribution in [0, 0.1) is 0 Å². The van der Waals surface area contributed by atoms with E-state index >= 15 is 0 Å². The van der Waals surface area contributed by atoms with Gasteiger partial charge in [0, 0.05) is 17.0 Å². The van der Waals surface area contributed by atoms with Crippen LogP contribution in [0.4, 0.5) is 5.13 Å². The van der Waals surface area contributed by atoms with Crippen molar-refractivity contribution < 1.29 is 9.53 Å². The Kier molecular flexibility index (Phi) is 7.80. The minimum atomic E-state index is -0.191. The maximum absolute atomic E-state index is 12.2. The fraction of sp³-hybridized carbons (Fsp3) is 0.280. The van der Waals surface area contributed by atoms with Crippen LogP contribution in [0.25, 0.3) is 17.3 Å². The van der Waals surface area contributed by atoms with Crippen molar-refractivity contribution in [2.45, 2.75) is 39.5 Å². The van der Waals surface area contributed by atoms with Crippen molar-refractivity contribution in [1.82, 2.24) is 4.98 Å². The average molecular weight is 421 g/mol. The van der Waals surface area contributed by atoms with Crippen molar-refractivity contribution in [2.75, 3.05) is 11.9 Å². The molecule has 0 fully saturated rings. The van der Waals surface area contributed by atoms with Crippen LogP contribution >= 0.6 is 11.3 Å². The summed E-state index contributed by atoms with van der Waals surface area (Å²) in [6.45, 7) is 7.20. The van der Waals surface area contributed by atoms with Gasteiger partial charge in [0.25, 0.3) is 0 Å². The minimum absolute atomic E-state index is 0.191. The number of carbonyl (C=O) groups is 1. The van der Waals surface area contributed by atoms with Crippen molar-refractivity contribution in [2.24, 2.45) is 0 Å². The highest BCUT2D eigenvalue weighted by Crippen LogP contribution is 2.26. The third-order valence-corrected chi connectivity index (χ3v) is 5.44. The van der Waals surface area contributed by atoms with E-state index < -0.39 is 0 Å². The van der Waals surface area contributed by atoms with E-state index in [0.29, 0.717) is 11.0 Å². The van der Waals surface area contributed by atoms with Gasteiger partial charge < -0.3 is 4.74 Å². The molecule has 2 aromatic carbocycles. The average Bonchev–Trinajstić information content (AvgIpc) is 3.21. The summed E-state index contributed by atoms with van der Waals surface area (Å²) >= 11 is 1.41. The largest absolute Gasteiger partial charge is 0.494 e. The first-order chi connectivity index (χ1) is 14.5. The smallest absolute Gasteiger partial charge is 0.250 e. The van der Waals surface area contributed by atoms with Crippen LogP contribution in [0.15, 0.2) is 60.0 Å². The predicted octanol–water partition coefficient (Wildman–Crippen LogP) is 6.76. The molecule has 0 saturated heterocycles. The summed E-state index contributed by atoms with van der Waals surface area (Å²) in [5.74, 6) is 1.17. The normalized spacial score (nSPS) is 11.2. The van der Waals surface area contributed by atoms with Gasteiger partial charge in [-0.15, -0.1) is 11.3 Å². The number of carbonyl (C=O) groups excluding carboxylic acids is 1. The first-order valence-corrected chi connectivity index (χ1v) is 11.2. The Balaban J connectivity index is 1.56. The number of amides is 1. The Bertz CT molecular complexity index is 973. The van der Waals surface area contributed by atoms with E-state index in [1.165, 1.54) is 23.0 Å². The van der Waals surface area contributed by atoms with Crippen molar-refractivity contribution in [1.29, 1.82) is 0 Å². The highest BCUT2D eigenvalue weighted by Gasteiger charge is 2.07. The van der Waals surface area contributed by atoms with Gasteiger partial charge >= 0.3 is 0 Å². The Labute approximate surface area is 182 Å². The van der Waals surface area contributed by atoms with Crippen LogP contribution in [-0.2, 0) is 4.79 Å². The summed E-state index contributed by atoms with van der Waals surface area (Å²) in [6, 6.07) is 16.1. The van der Waals surface area contributed by atoms with E-state index in [9.17, 15) is 4.79 Å². The SMILES string of the molecule is CCCCOc1ccc(-c2csc(NC(=O)/C=C/c3ccc(C(C)C)cc3)n2)cc1. The summed E-state index contributed by atoms with van der Waals surface area (Å²) < 4.78 is 5.69. The molecule has 1 amide bonds. The number of benzene rings is 2. The summed E-state index contributed by atoms with van der Waals surface area (Å²) in [5, 5.41) is 5.36. The molecule has 1 N–H and O–H groups in total. The van der Waals surface area contributed by atoms with Crippen molar-refractivity contribution in [3.8, 4) is 17.0 Å². The summed E-state index contributed by atoms with van der Waals surface area (Å²) in [7, 11) is 0. The highest BCUT2D eigenvalue weighted by molar-refractivity contribution is 7.14. The van der Waals surface area contributed by atoms with Crippen LogP contribution < -0.4 is 10.1 Å². The molecule has 156 valence electrons. The number of hydrogen-bond donors (Lipinski definition) is 1. The fourth-order valence-corrected chi connectivity index (χ4v) is 3.55. The van der Waals surface area contributed by atoms with Gasteiger partial charge in [0.1, 0.15) is 5.75 Å². The van der Waals surface area contributed by atoms with Gasteiger partial charge in [-0.25, -0.2) is 4.98 Å². The molecule has 4 nitrogen and oxygen atoms in total. The summed E-state index contributed by atoms with van der Waals surface area (Å²) in [5.41, 5.74) is 4.11. The number of nitrogens with zero attached hydrogens (tertiary/aromatic N) is 1. The van der Waals surface area contributed by atoms with Crippen LogP contribution in [0.1, 0.15) is 50.7 Å². The fourth-order valence-electron chi connectivity index (χ4n) is 2.83. The van der Waals surface area contributed by atoms with Gasteiger partial charge in [-0.2, -0.15) is 0 Å². The molecular formula is C25H28N2O2S. The lowest BCUT2D eigenvalue weighted by Crippen LogP contribution is -2.07. The lowest BCUT2D eigenvalue weighted by atomic mass is 10.0. The molecule has 1 heterocycles. The molecule has 0 saturated carbocycles. The van der Waals surface area contributed by atoms with E-state index in [2.05, 4.69) is 43.2 Å². The van der Waals surface area contributed by atoms with Crippen LogP contribution in [0.3, 0.4) is 0 Å². The Hall–Kier alpha value is -2.92. The second-order valence-electron chi connectivity index (χ2n) is 7.41. The second kappa shape index (κ2) is 10.7. The molecule has 0 atom stereocenters.